The number of halogens is 1. The Kier molecular flexibility index (Phi) is 12.7. The van der Waals surface area contributed by atoms with Gasteiger partial charge in [0.1, 0.15) is 23.5 Å². The van der Waals surface area contributed by atoms with Gasteiger partial charge in [-0.2, -0.15) is 0 Å². The van der Waals surface area contributed by atoms with Gasteiger partial charge in [-0.05, 0) is 135 Å². The summed E-state index contributed by atoms with van der Waals surface area (Å²) in [5, 5.41) is 16.7. The fraction of sp³-hybridized carbons (Fsp3) is 0.451. The molecule has 3 aliphatic heterocycles. The number of amides is 5. The second kappa shape index (κ2) is 18.6. The number of hydrogen-bond donors (Lipinski definition) is 4. The van der Waals surface area contributed by atoms with Crippen LogP contribution < -0.4 is 20.3 Å². The van der Waals surface area contributed by atoms with Crippen molar-refractivity contribution < 1.29 is 33.4 Å². The number of nitrogens with zero attached hydrogens (tertiary/aromatic N) is 5. The maximum Gasteiger partial charge on any atom is 0.328 e. The van der Waals surface area contributed by atoms with Gasteiger partial charge in [-0.15, -0.1) is 0 Å². The third-order valence-corrected chi connectivity index (χ3v) is 14.6. The molecule has 0 radical (unpaired) electrons. The average molecular weight is 899 g/mol. The molecular formula is C51H59FN8O6. The molecule has 5 aromatic rings. The van der Waals surface area contributed by atoms with Gasteiger partial charge in [0, 0.05) is 66.4 Å². The molecule has 66 heavy (non-hydrogen) atoms. The van der Waals surface area contributed by atoms with Gasteiger partial charge >= 0.3 is 6.03 Å². The van der Waals surface area contributed by atoms with Gasteiger partial charge < -0.3 is 25.0 Å². The maximum atomic E-state index is 15.3. The van der Waals surface area contributed by atoms with E-state index in [1.165, 1.54) is 36.0 Å². The van der Waals surface area contributed by atoms with Gasteiger partial charge in [-0.3, -0.25) is 29.5 Å². The van der Waals surface area contributed by atoms with Crippen LogP contribution in [0, 0.1) is 35.9 Å². The van der Waals surface area contributed by atoms with Crippen LogP contribution in [0.3, 0.4) is 0 Å². The number of piperidine rings is 2. The van der Waals surface area contributed by atoms with Crippen LogP contribution in [0.1, 0.15) is 86.7 Å². The molecule has 1 aliphatic carbocycles. The normalized spacial score (nSPS) is 21.2. The first-order chi connectivity index (χ1) is 31.8. The lowest BCUT2D eigenvalue weighted by Crippen LogP contribution is -2.50. The number of aromatic amines is 1. The van der Waals surface area contributed by atoms with E-state index in [1.807, 2.05) is 17.9 Å². The van der Waals surface area contributed by atoms with Gasteiger partial charge in [0.15, 0.2) is 0 Å². The van der Waals surface area contributed by atoms with Gasteiger partial charge in [-0.1, -0.05) is 38.1 Å². The van der Waals surface area contributed by atoms with E-state index in [0.29, 0.717) is 77.0 Å². The molecule has 346 valence electrons. The van der Waals surface area contributed by atoms with Crippen molar-refractivity contribution in [3.63, 3.8) is 0 Å². The van der Waals surface area contributed by atoms with Crippen LogP contribution in [0.4, 0.5) is 20.6 Å². The quantitative estimate of drug-likeness (QED) is 0.102. The summed E-state index contributed by atoms with van der Waals surface area (Å²) in [5.41, 5.74) is 7.08. The minimum Gasteiger partial charge on any atom is -0.495 e. The number of aliphatic hydroxyl groups excluding tert-OH is 1. The first-order valence-electron chi connectivity index (χ1n) is 23.3. The molecule has 9 rings (SSSR count). The number of imide groups is 1. The molecule has 2 aromatic heterocycles. The van der Waals surface area contributed by atoms with E-state index in [-0.39, 0.29) is 47.9 Å². The second-order valence-corrected chi connectivity index (χ2v) is 19.3. The number of benzene rings is 3. The van der Waals surface area contributed by atoms with E-state index >= 15 is 4.39 Å². The van der Waals surface area contributed by atoms with Crippen molar-refractivity contribution in [2.24, 2.45) is 23.2 Å². The third kappa shape index (κ3) is 9.28. The highest BCUT2D eigenvalue weighted by Crippen LogP contribution is 2.43. The largest absolute Gasteiger partial charge is 0.495 e. The Hall–Kier alpha value is -6.19. The fourth-order valence-corrected chi connectivity index (χ4v) is 10.7. The van der Waals surface area contributed by atoms with Gasteiger partial charge in [0.25, 0.3) is 5.91 Å². The first-order valence-corrected chi connectivity index (χ1v) is 23.3. The van der Waals surface area contributed by atoms with E-state index in [2.05, 4.69) is 68.6 Å². The van der Waals surface area contributed by atoms with Crippen molar-refractivity contribution in [3.05, 3.63) is 89.5 Å². The van der Waals surface area contributed by atoms with Crippen LogP contribution >= 0.6 is 0 Å². The van der Waals surface area contributed by atoms with Crippen molar-refractivity contribution in [2.75, 3.05) is 50.1 Å². The lowest BCUT2D eigenvalue weighted by molar-refractivity contribution is -0.120. The van der Waals surface area contributed by atoms with E-state index in [4.69, 9.17) is 4.74 Å². The predicted molar refractivity (Wildman–Crippen MR) is 250 cm³/mol. The van der Waals surface area contributed by atoms with Crippen LogP contribution in [0.5, 0.6) is 5.75 Å². The van der Waals surface area contributed by atoms with Gasteiger partial charge in [-0.25, -0.2) is 19.2 Å². The number of aromatic nitrogens is 3. The van der Waals surface area contributed by atoms with Crippen molar-refractivity contribution in [1.82, 2.24) is 30.1 Å². The summed E-state index contributed by atoms with van der Waals surface area (Å²) in [5.74, 6) is -0.439. The van der Waals surface area contributed by atoms with Crippen molar-refractivity contribution in [2.45, 2.75) is 84.8 Å². The molecule has 4 fully saturated rings. The zero-order valence-electron chi connectivity index (χ0n) is 38.2. The summed E-state index contributed by atoms with van der Waals surface area (Å²) >= 11 is 0. The van der Waals surface area contributed by atoms with E-state index in [0.717, 1.165) is 68.4 Å². The number of aliphatic hydroxyl groups is 1. The number of carbonyl (C=O) groups excluding carboxylic acids is 4. The number of nitrogens with one attached hydrogen (secondary N) is 3. The molecule has 3 saturated heterocycles. The summed E-state index contributed by atoms with van der Waals surface area (Å²) in [6.07, 6.45) is 7.04. The minimum atomic E-state index is -0.523. The molecule has 1 saturated carbocycles. The SMILES string of the molecule is COc1ccc(C(=O)N2CCC3(CCN(Cc4ccc(-c5cc6c(-c7cc(F)cc(NC(=O)C8CC(O)C(CC(C)C)C8)c7C)ncnc6[nH]5)cc4)CC3)CC2)cc1N1CCC(=O)NC1=O. The standard InChI is InChI=1S/C51H59FN8O6/c1-30(2)21-35-22-36(24-43(35)61)48(63)56-40-26-37(52)25-38(31(40)3)46-39-27-41(55-47(39)54-29-53-46)33-7-5-32(6-8-33)28-58-17-12-51(13-18-58)14-19-59(20-15-51)49(64)34-9-10-44(66-4)42(23-34)60-16-11-45(62)57-50(60)65/h5-10,23,25-27,29-30,35-36,43,61H,11-22,24,28H2,1-4H3,(H,56,63)(H,53,54,55)(H,57,62,65). The highest BCUT2D eigenvalue weighted by Gasteiger charge is 2.40. The zero-order chi connectivity index (χ0) is 46.3. The number of ether oxygens (including phenoxy) is 1. The Morgan fingerprint density at radius 2 is 1.70 bits per heavy atom. The number of anilines is 2. The number of hydrogen-bond acceptors (Lipinski definition) is 9. The molecular weight excluding hydrogens is 840 g/mol. The summed E-state index contributed by atoms with van der Waals surface area (Å²) in [4.78, 5) is 69.9. The molecule has 3 unspecified atom stereocenters. The van der Waals surface area contributed by atoms with Crippen LogP contribution in [-0.2, 0) is 16.1 Å². The van der Waals surface area contributed by atoms with E-state index in [9.17, 15) is 24.3 Å². The molecule has 5 amide bonds. The average Bonchev–Trinajstić information content (AvgIpc) is 3.91. The Morgan fingerprint density at radius 1 is 0.955 bits per heavy atom. The number of urea groups is 1. The van der Waals surface area contributed by atoms with Gasteiger partial charge in [0.05, 0.1) is 24.6 Å². The van der Waals surface area contributed by atoms with Crippen molar-refractivity contribution >= 4 is 46.2 Å². The molecule has 14 nitrogen and oxygen atoms in total. The number of fused-ring (bicyclic) bond motifs is 1. The molecule has 15 heteroatoms. The monoisotopic (exact) mass is 898 g/mol. The summed E-state index contributed by atoms with van der Waals surface area (Å²) in [7, 11) is 1.52. The number of methoxy groups -OCH3 is 1. The number of rotatable bonds is 11. The Bertz CT molecular complexity index is 2650. The topological polar surface area (TPSA) is 173 Å². The summed E-state index contributed by atoms with van der Waals surface area (Å²) < 4.78 is 20.8. The lowest BCUT2D eigenvalue weighted by Gasteiger charge is -2.47. The van der Waals surface area contributed by atoms with Crippen LogP contribution in [-0.4, -0.2) is 99.5 Å². The van der Waals surface area contributed by atoms with Crippen LogP contribution in [0.25, 0.3) is 33.5 Å². The minimum absolute atomic E-state index is 0.0704. The molecule has 3 atom stereocenters. The van der Waals surface area contributed by atoms with Crippen LogP contribution in [0.2, 0.25) is 0 Å². The van der Waals surface area contributed by atoms with Gasteiger partial charge in [0.2, 0.25) is 11.8 Å². The summed E-state index contributed by atoms with van der Waals surface area (Å²) in [6, 6.07) is 17.9. The number of H-pyrrole nitrogens is 1. The van der Waals surface area contributed by atoms with Crippen LogP contribution in [0.15, 0.2) is 67.0 Å². The number of carbonyl (C=O) groups is 4. The lowest BCUT2D eigenvalue weighted by atomic mass is 9.71. The second-order valence-electron chi connectivity index (χ2n) is 19.3. The van der Waals surface area contributed by atoms with E-state index < -0.39 is 18.0 Å². The smallest absolute Gasteiger partial charge is 0.328 e. The molecule has 0 bridgehead atoms. The molecule has 5 heterocycles. The summed E-state index contributed by atoms with van der Waals surface area (Å²) in [6.45, 7) is 10.5. The Labute approximate surface area is 384 Å². The zero-order valence-corrected chi connectivity index (χ0v) is 38.2. The molecule has 4 N–H and O–H groups in total. The number of likely N-dealkylation sites (tertiary alicyclic amines) is 2. The highest BCUT2D eigenvalue weighted by molar-refractivity contribution is 6.07. The molecule has 1 spiro atoms. The third-order valence-electron chi connectivity index (χ3n) is 14.6. The fourth-order valence-electron chi connectivity index (χ4n) is 10.7. The van der Waals surface area contributed by atoms with Crippen molar-refractivity contribution in [1.29, 1.82) is 0 Å². The Balaban J connectivity index is 0.804. The predicted octanol–water partition coefficient (Wildman–Crippen LogP) is 8.08. The van der Waals surface area contributed by atoms with Crippen molar-refractivity contribution in [3.8, 4) is 28.3 Å². The van der Waals surface area contributed by atoms with E-state index in [1.54, 1.807) is 18.2 Å². The Morgan fingerprint density at radius 3 is 2.41 bits per heavy atom. The molecule has 3 aromatic carbocycles. The molecule has 4 aliphatic rings. The first kappa shape index (κ1) is 45.0. The highest BCUT2D eigenvalue weighted by atomic mass is 19.1. The maximum absolute atomic E-state index is 15.3.